The maximum absolute atomic E-state index is 14.2. The van der Waals surface area contributed by atoms with Crippen molar-refractivity contribution in [3.8, 4) is 16.9 Å². The number of anilines is 1. The summed E-state index contributed by atoms with van der Waals surface area (Å²) in [5.74, 6) is -0.708. The summed E-state index contributed by atoms with van der Waals surface area (Å²) in [6.07, 6.45) is 1.51. The maximum atomic E-state index is 14.2. The second-order valence-electron chi connectivity index (χ2n) is 8.10. The molecule has 0 saturated heterocycles. The average molecular weight is 520 g/mol. The van der Waals surface area contributed by atoms with E-state index in [-0.39, 0.29) is 28.0 Å². The molecule has 0 bridgehead atoms. The summed E-state index contributed by atoms with van der Waals surface area (Å²) in [7, 11) is 0. The molecule has 1 amide bonds. The fraction of sp³-hybridized carbons (Fsp3) is 0.0741. The average Bonchev–Trinajstić information content (AvgIpc) is 3.41. The van der Waals surface area contributed by atoms with Crippen LogP contribution in [0, 0.1) is 12.7 Å². The third-order valence-corrected chi connectivity index (χ3v) is 6.35. The predicted molar refractivity (Wildman–Crippen MR) is 139 cm³/mol. The molecule has 1 N–H and O–H groups in total. The highest BCUT2D eigenvalue weighted by molar-refractivity contribution is 6.33. The summed E-state index contributed by atoms with van der Waals surface area (Å²) in [4.78, 5) is 13.5. The molecule has 180 valence electrons. The fourth-order valence-corrected chi connectivity index (χ4v) is 4.39. The minimum atomic E-state index is -0.448. The van der Waals surface area contributed by atoms with Crippen molar-refractivity contribution in [2.24, 2.45) is 0 Å². The molecule has 2 aromatic heterocycles. The summed E-state index contributed by atoms with van der Waals surface area (Å²) < 4.78 is 17.4. The van der Waals surface area contributed by atoms with Gasteiger partial charge in [-0.05, 0) is 31.2 Å². The van der Waals surface area contributed by atoms with Crippen molar-refractivity contribution < 1.29 is 9.18 Å². The van der Waals surface area contributed by atoms with E-state index in [1.54, 1.807) is 10.7 Å². The number of hydrogen-bond acceptors (Lipinski definition) is 3. The molecule has 3 aromatic carbocycles. The number of benzene rings is 3. The van der Waals surface area contributed by atoms with E-state index in [1.165, 1.54) is 23.0 Å². The maximum Gasteiger partial charge on any atom is 0.261 e. The summed E-state index contributed by atoms with van der Waals surface area (Å²) in [6.45, 7) is 1.89. The Bertz CT molecular complexity index is 1530. The second kappa shape index (κ2) is 9.97. The minimum absolute atomic E-state index is 0.0569. The molecule has 0 atom stereocenters. The Hall–Kier alpha value is -3.94. The van der Waals surface area contributed by atoms with E-state index in [9.17, 15) is 9.18 Å². The van der Waals surface area contributed by atoms with Gasteiger partial charge in [0.25, 0.3) is 5.91 Å². The van der Waals surface area contributed by atoms with Crippen LogP contribution in [-0.4, -0.2) is 25.5 Å². The number of carbonyl (C=O) groups excluding carboxylic acids is 1. The fourth-order valence-electron chi connectivity index (χ4n) is 3.97. The molecule has 5 rings (SSSR count). The van der Waals surface area contributed by atoms with Gasteiger partial charge in [-0.3, -0.25) is 9.48 Å². The van der Waals surface area contributed by atoms with Gasteiger partial charge in [0.1, 0.15) is 16.5 Å². The molecular formula is C27H20Cl2FN5O. The van der Waals surface area contributed by atoms with Gasteiger partial charge in [0.15, 0.2) is 5.82 Å². The number of aromatic nitrogens is 4. The van der Waals surface area contributed by atoms with Gasteiger partial charge in [-0.2, -0.15) is 10.2 Å². The summed E-state index contributed by atoms with van der Waals surface area (Å²) >= 11 is 12.5. The van der Waals surface area contributed by atoms with E-state index in [4.69, 9.17) is 28.3 Å². The highest BCUT2D eigenvalue weighted by atomic mass is 35.5. The number of para-hydroxylation sites is 1. The highest BCUT2D eigenvalue weighted by Crippen LogP contribution is 2.29. The number of carbonyl (C=O) groups is 1. The molecule has 36 heavy (non-hydrogen) atoms. The van der Waals surface area contributed by atoms with Crippen molar-refractivity contribution in [3.05, 3.63) is 118 Å². The van der Waals surface area contributed by atoms with Crippen LogP contribution in [0.5, 0.6) is 0 Å². The molecular weight excluding hydrogens is 500 g/mol. The topological polar surface area (TPSA) is 64.7 Å². The van der Waals surface area contributed by atoms with Crippen molar-refractivity contribution >= 4 is 34.9 Å². The minimum Gasteiger partial charge on any atom is -0.304 e. The van der Waals surface area contributed by atoms with Crippen LogP contribution in [0.15, 0.2) is 85.1 Å². The molecule has 6 nitrogen and oxygen atoms in total. The molecule has 0 spiro atoms. The number of amides is 1. The van der Waals surface area contributed by atoms with E-state index in [0.29, 0.717) is 17.0 Å². The molecule has 0 radical (unpaired) electrons. The quantitative estimate of drug-likeness (QED) is 0.268. The lowest BCUT2D eigenvalue weighted by atomic mass is 10.1. The van der Waals surface area contributed by atoms with Crippen molar-refractivity contribution in [1.29, 1.82) is 0 Å². The van der Waals surface area contributed by atoms with Gasteiger partial charge in [-0.15, -0.1) is 0 Å². The zero-order chi connectivity index (χ0) is 25.2. The number of halogens is 3. The Balaban J connectivity index is 1.50. The lowest BCUT2D eigenvalue weighted by Crippen LogP contribution is -2.15. The molecule has 0 saturated carbocycles. The molecule has 0 aliphatic carbocycles. The number of rotatable bonds is 6. The molecule has 0 aliphatic rings. The normalized spacial score (nSPS) is 11.0. The van der Waals surface area contributed by atoms with Crippen molar-refractivity contribution in [3.63, 3.8) is 0 Å². The number of nitrogens with one attached hydrogen (secondary N) is 1. The van der Waals surface area contributed by atoms with E-state index in [1.807, 2.05) is 67.6 Å². The van der Waals surface area contributed by atoms with Gasteiger partial charge in [0.2, 0.25) is 0 Å². The van der Waals surface area contributed by atoms with Crippen LogP contribution in [0.25, 0.3) is 16.9 Å². The Morgan fingerprint density at radius 3 is 2.31 bits per heavy atom. The van der Waals surface area contributed by atoms with Crippen molar-refractivity contribution in [2.75, 3.05) is 5.32 Å². The molecule has 0 fully saturated rings. The van der Waals surface area contributed by atoms with Crippen molar-refractivity contribution in [1.82, 2.24) is 19.6 Å². The molecule has 5 aromatic rings. The summed E-state index contributed by atoms with van der Waals surface area (Å²) in [6, 6.07) is 23.5. The van der Waals surface area contributed by atoms with Crippen LogP contribution in [0.3, 0.4) is 0 Å². The number of hydrogen-bond donors (Lipinski definition) is 1. The van der Waals surface area contributed by atoms with Gasteiger partial charge in [0, 0.05) is 22.3 Å². The van der Waals surface area contributed by atoms with Gasteiger partial charge >= 0.3 is 0 Å². The largest absolute Gasteiger partial charge is 0.304 e. The number of nitrogens with zero attached hydrogens (tertiary/aromatic N) is 4. The smallest absolute Gasteiger partial charge is 0.261 e. The first-order chi connectivity index (χ1) is 17.4. The van der Waals surface area contributed by atoms with E-state index in [2.05, 4.69) is 10.4 Å². The van der Waals surface area contributed by atoms with Crippen LogP contribution in [0.4, 0.5) is 10.2 Å². The van der Waals surface area contributed by atoms with Crippen LogP contribution in [-0.2, 0) is 6.54 Å². The van der Waals surface area contributed by atoms with E-state index in [0.717, 1.165) is 11.3 Å². The Morgan fingerprint density at radius 1 is 0.917 bits per heavy atom. The first kappa shape index (κ1) is 23.8. The van der Waals surface area contributed by atoms with E-state index >= 15 is 0 Å². The lowest BCUT2D eigenvalue weighted by Gasteiger charge is -2.07. The van der Waals surface area contributed by atoms with E-state index < -0.39 is 11.7 Å². The standard InChI is InChI=1S/C27H20Cl2FN5O/c1-17-24(25(18-9-4-2-5-10-18)32-35(17)19-11-6-3-7-12-19)27(36)31-26-22(29)16-34(33-26)15-20-21(28)13-8-14-23(20)30/h2-14,16H,15H2,1H3,(H,31,33,36). The van der Waals surface area contributed by atoms with Crippen molar-refractivity contribution in [2.45, 2.75) is 13.5 Å². The molecule has 2 heterocycles. The van der Waals surface area contributed by atoms with Gasteiger partial charge in [0.05, 0.1) is 23.5 Å². The zero-order valence-electron chi connectivity index (χ0n) is 19.1. The Morgan fingerprint density at radius 2 is 1.61 bits per heavy atom. The second-order valence-corrected chi connectivity index (χ2v) is 8.91. The highest BCUT2D eigenvalue weighted by Gasteiger charge is 2.24. The molecule has 0 unspecified atom stereocenters. The lowest BCUT2D eigenvalue weighted by molar-refractivity contribution is 0.102. The Kier molecular flexibility index (Phi) is 6.59. The SMILES string of the molecule is Cc1c(C(=O)Nc2nn(Cc3c(F)cccc3Cl)cc2Cl)c(-c2ccccc2)nn1-c1ccccc1. The van der Waals surface area contributed by atoms with Crippen LogP contribution in [0.1, 0.15) is 21.6 Å². The Labute approximate surface area is 216 Å². The predicted octanol–water partition coefficient (Wildman–Crippen LogP) is 6.79. The van der Waals surface area contributed by atoms with Crippen LogP contribution < -0.4 is 5.32 Å². The first-order valence-corrected chi connectivity index (χ1v) is 11.9. The van der Waals surface area contributed by atoms with Crippen LogP contribution in [0.2, 0.25) is 10.0 Å². The van der Waals surface area contributed by atoms with Gasteiger partial charge < -0.3 is 5.32 Å². The first-order valence-electron chi connectivity index (χ1n) is 11.1. The third-order valence-electron chi connectivity index (χ3n) is 5.72. The van der Waals surface area contributed by atoms with Gasteiger partial charge in [-0.25, -0.2) is 9.07 Å². The zero-order valence-corrected chi connectivity index (χ0v) is 20.6. The summed E-state index contributed by atoms with van der Waals surface area (Å²) in [5.41, 5.74) is 3.49. The molecule has 9 heteroatoms. The monoisotopic (exact) mass is 519 g/mol. The van der Waals surface area contributed by atoms with Crippen LogP contribution >= 0.6 is 23.2 Å². The van der Waals surface area contributed by atoms with Gasteiger partial charge in [-0.1, -0.05) is 77.8 Å². The third kappa shape index (κ3) is 4.63. The molecule has 0 aliphatic heterocycles. The summed E-state index contributed by atoms with van der Waals surface area (Å²) in [5, 5.41) is 12.4.